The highest BCUT2D eigenvalue weighted by atomic mass is 15.4. The Morgan fingerprint density at radius 2 is 1.80 bits per heavy atom. The van der Waals surface area contributed by atoms with E-state index in [0.29, 0.717) is 6.04 Å². The van der Waals surface area contributed by atoms with Crippen molar-refractivity contribution in [3.05, 3.63) is 35.9 Å². The lowest BCUT2D eigenvalue weighted by Gasteiger charge is -2.49. The summed E-state index contributed by atoms with van der Waals surface area (Å²) in [6.45, 7) is 4.22. The molecule has 0 amide bonds. The van der Waals surface area contributed by atoms with E-state index in [1.807, 2.05) is 0 Å². The number of benzene rings is 1. The maximum absolute atomic E-state index is 6.42. The Labute approximate surface area is 152 Å². The van der Waals surface area contributed by atoms with E-state index < -0.39 is 0 Å². The van der Waals surface area contributed by atoms with Crippen molar-refractivity contribution < 1.29 is 0 Å². The van der Waals surface area contributed by atoms with Gasteiger partial charge in [-0.1, -0.05) is 56.0 Å². The molecular weight excluding hydrogens is 308 g/mol. The highest BCUT2D eigenvalue weighted by molar-refractivity contribution is 5.81. The van der Waals surface area contributed by atoms with Crippen LogP contribution in [0.4, 0.5) is 0 Å². The second-order valence-electron chi connectivity index (χ2n) is 8.21. The van der Waals surface area contributed by atoms with E-state index in [1.165, 1.54) is 63.5 Å². The van der Waals surface area contributed by atoms with Crippen molar-refractivity contribution in [3.8, 4) is 0 Å². The summed E-state index contributed by atoms with van der Waals surface area (Å²) in [5.41, 5.74) is 7.98. The molecule has 2 N–H and O–H groups in total. The lowest BCUT2D eigenvalue weighted by atomic mass is 9.85. The first kappa shape index (κ1) is 16.9. The van der Waals surface area contributed by atoms with E-state index in [2.05, 4.69) is 40.1 Å². The van der Waals surface area contributed by atoms with Gasteiger partial charge in [-0.15, -0.1) is 0 Å². The molecule has 1 saturated carbocycles. The molecular formula is C21H32N4. The lowest BCUT2D eigenvalue weighted by molar-refractivity contribution is 0.0420. The summed E-state index contributed by atoms with van der Waals surface area (Å²) in [6.07, 6.45) is 10.5. The van der Waals surface area contributed by atoms with Gasteiger partial charge in [-0.25, -0.2) is 0 Å². The lowest BCUT2D eigenvalue weighted by Crippen LogP contribution is -2.63. The molecule has 4 nitrogen and oxygen atoms in total. The molecule has 25 heavy (non-hydrogen) atoms. The van der Waals surface area contributed by atoms with E-state index in [9.17, 15) is 0 Å². The molecule has 0 bridgehead atoms. The summed E-state index contributed by atoms with van der Waals surface area (Å²) in [5, 5.41) is 0. The van der Waals surface area contributed by atoms with Crippen LogP contribution in [0.15, 0.2) is 35.3 Å². The highest BCUT2D eigenvalue weighted by Gasteiger charge is 2.47. The van der Waals surface area contributed by atoms with Crippen LogP contribution >= 0.6 is 0 Å². The van der Waals surface area contributed by atoms with E-state index in [4.69, 9.17) is 10.7 Å². The zero-order valence-electron chi connectivity index (χ0n) is 15.4. The number of nitrogens with two attached hydrogens (primary N) is 1. The maximum Gasteiger partial charge on any atom is 0.192 e. The van der Waals surface area contributed by atoms with Gasteiger partial charge < -0.3 is 10.6 Å². The van der Waals surface area contributed by atoms with Gasteiger partial charge in [0.2, 0.25) is 0 Å². The quantitative estimate of drug-likeness (QED) is 0.858. The number of piperidine rings is 1. The van der Waals surface area contributed by atoms with Crippen LogP contribution in [0.1, 0.15) is 56.9 Å². The Morgan fingerprint density at radius 1 is 1.04 bits per heavy atom. The fraction of sp³-hybridized carbons (Fsp3) is 0.667. The molecule has 1 spiro atoms. The third kappa shape index (κ3) is 3.55. The van der Waals surface area contributed by atoms with Crippen LogP contribution in [0.2, 0.25) is 0 Å². The molecule has 2 heterocycles. The topological polar surface area (TPSA) is 44.9 Å². The third-order valence-electron chi connectivity index (χ3n) is 6.37. The van der Waals surface area contributed by atoms with Gasteiger partial charge in [-0.2, -0.15) is 0 Å². The van der Waals surface area contributed by atoms with Crippen LogP contribution in [0, 0.1) is 0 Å². The largest absolute Gasteiger partial charge is 0.370 e. The Balaban J connectivity index is 1.50. The van der Waals surface area contributed by atoms with Gasteiger partial charge in [0, 0.05) is 19.1 Å². The van der Waals surface area contributed by atoms with Gasteiger partial charge in [0.15, 0.2) is 5.96 Å². The molecule has 136 valence electrons. The fourth-order valence-electron chi connectivity index (χ4n) is 5.22. The Hall–Kier alpha value is -1.55. The number of aliphatic imine (C=N–C) groups is 1. The zero-order valence-corrected chi connectivity index (χ0v) is 15.4. The van der Waals surface area contributed by atoms with Crippen molar-refractivity contribution in [3.63, 3.8) is 0 Å². The van der Waals surface area contributed by atoms with Crippen molar-refractivity contribution in [2.45, 2.75) is 69.5 Å². The van der Waals surface area contributed by atoms with Crippen LogP contribution in [0.25, 0.3) is 0 Å². The molecule has 4 heteroatoms. The van der Waals surface area contributed by atoms with Gasteiger partial charge in [0.05, 0.1) is 12.1 Å². The van der Waals surface area contributed by atoms with E-state index in [-0.39, 0.29) is 5.54 Å². The number of nitrogens with zero attached hydrogens (tertiary/aromatic N) is 3. The van der Waals surface area contributed by atoms with E-state index in [0.717, 1.165) is 25.6 Å². The van der Waals surface area contributed by atoms with Gasteiger partial charge in [0.1, 0.15) is 0 Å². The SMILES string of the molecule is NC1=NCC2(CCCN(Cc3ccccc3)C2)N1C1CCCCCC1. The first-order valence-electron chi connectivity index (χ1n) is 10.1. The summed E-state index contributed by atoms with van der Waals surface area (Å²) in [4.78, 5) is 9.92. The molecule has 0 radical (unpaired) electrons. The van der Waals surface area contributed by atoms with Crippen LogP contribution in [-0.2, 0) is 6.54 Å². The molecule has 1 aliphatic carbocycles. The Morgan fingerprint density at radius 3 is 2.56 bits per heavy atom. The predicted molar refractivity (Wildman–Crippen MR) is 104 cm³/mol. The summed E-state index contributed by atoms with van der Waals surface area (Å²) in [6, 6.07) is 11.5. The molecule has 2 fully saturated rings. The molecule has 4 rings (SSSR count). The molecule has 0 aromatic heterocycles. The summed E-state index contributed by atoms with van der Waals surface area (Å²) in [5.74, 6) is 0.813. The van der Waals surface area contributed by atoms with E-state index in [1.54, 1.807) is 0 Å². The van der Waals surface area contributed by atoms with Crippen molar-refractivity contribution in [1.29, 1.82) is 0 Å². The van der Waals surface area contributed by atoms with E-state index >= 15 is 0 Å². The molecule has 1 aromatic rings. The van der Waals surface area contributed by atoms with Crippen molar-refractivity contribution in [1.82, 2.24) is 9.80 Å². The first-order valence-corrected chi connectivity index (χ1v) is 10.1. The van der Waals surface area contributed by atoms with Crippen LogP contribution in [0.5, 0.6) is 0 Å². The number of rotatable bonds is 3. The minimum Gasteiger partial charge on any atom is -0.370 e. The summed E-state index contributed by atoms with van der Waals surface area (Å²) < 4.78 is 0. The van der Waals surface area contributed by atoms with Crippen molar-refractivity contribution in [2.75, 3.05) is 19.6 Å². The maximum atomic E-state index is 6.42. The minimum absolute atomic E-state index is 0.145. The normalized spacial score (nSPS) is 29.0. The first-order chi connectivity index (χ1) is 12.3. The minimum atomic E-state index is 0.145. The Kier molecular flexibility index (Phi) is 4.98. The predicted octanol–water partition coefficient (Wildman–Crippen LogP) is 3.37. The van der Waals surface area contributed by atoms with Crippen LogP contribution in [-0.4, -0.2) is 47.0 Å². The molecule has 2 aliphatic heterocycles. The molecule has 1 unspecified atom stereocenters. The summed E-state index contributed by atoms with van der Waals surface area (Å²) >= 11 is 0. The van der Waals surface area contributed by atoms with Gasteiger partial charge in [-0.3, -0.25) is 9.89 Å². The van der Waals surface area contributed by atoms with Gasteiger partial charge in [-0.05, 0) is 37.8 Å². The summed E-state index contributed by atoms with van der Waals surface area (Å²) in [7, 11) is 0. The zero-order chi connectivity index (χ0) is 17.1. The van der Waals surface area contributed by atoms with Gasteiger partial charge >= 0.3 is 0 Å². The number of hydrogen-bond acceptors (Lipinski definition) is 4. The fourth-order valence-corrected chi connectivity index (χ4v) is 5.22. The third-order valence-corrected chi connectivity index (χ3v) is 6.37. The number of guanidine groups is 1. The van der Waals surface area contributed by atoms with Gasteiger partial charge in [0.25, 0.3) is 0 Å². The molecule has 1 aromatic carbocycles. The second kappa shape index (κ2) is 7.36. The molecule has 1 atom stereocenters. The molecule has 1 saturated heterocycles. The standard InChI is InChI=1S/C21H32N4/c22-20-23-16-21(25(20)19-11-6-1-2-7-12-19)13-8-14-24(17-21)15-18-9-4-3-5-10-18/h3-5,9-10,19H,1-2,6-8,11-17H2,(H2,22,23). The van der Waals surface area contributed by atoms with Crippen LogP contribution in [0.3, 0.4) is 0 Å². The Bertz CT molecular complexity index is 591. The highest BCUT2D eigenvalue weighted by Crippen LogP contribution is 2.37. The van der Waals surface area contributed by atoms with Crippen molar-refractivity contribution in [2.24, 2.45) is 10.7 Å². The smallest absolute Gasteiger partial charge is 0.192 e. The molecule has 3 aliphatic rings. The second-order valence-corrected chi connectivity index (χ2v) is 8.21. The number of hydrogen-bond donors (Lipinski definition) is 1. The monoisotopic (exact) mass is 340 g/mol. The van der Waals surface area contributed by atoms with Crippen molar-refractivity contribution >= 4 is 5.96 Å². The average Bonchev–Trinajstić information content (AvgIpc) is 2.81. The number of likely N-dealkylation sites (tertiary alicyclic amines) is 1. The van der Waals surface area contributed by atoms with Crippen LogP contribution < -0.4 is 5.73 Å². The average molecular weight is 341 g/mol.